The Morgan fingerprint density at radius 2 is 1.63 bits per heavy atom. The molecule has 0 bridgehead atoms. The topological polar surface area (TPSA) is 60.3 Å². The van der Waals surface area contributed by atoms with Gasteiger partial charge in [-0.2, -0.15) is 0 Å². The van der Waals surface area contributed by atoms with Crippen molar-refractivity contribution in [2.75, 3.05) is 11.9 Å². The smallest absolute Gasteiger partial charge is 0.338 e. The van der Waals surface area contributed by atoms with Gasteiger partial charge >= 0.3 is 5.97 Å². The molecule has 1 heterocycles. The van der Waals surface area contributed by atoms with E-state index in [1.165, 1.54) is 0 Å². The summed E-state index contributed by atoms with van der Waals surface area (Å²) < 4.78 is 7.23. The molecule has 0 fully saturated rings. The maximum Gasteiger partial charge on any atom is 0.338 e. The second kappa shape index (κ2) is 7.91. The summed E-state index contributed by atoms with van der Waals surface area (Å²) in [5.41, 5.74) is 5.10. The van der Waals surface area contributed by atoms with Crippen molar-refractivity contribution in [1.29, 1.82) is 0 Å². The van der Waals surface area contributed by atoms with Crippen LogP contribution in [0.4, 0.5) is 5.69 Å². The van der Waals surface area contributed by atoms with E-state index in [-0.39, 0.29) is 12.5 Å². The van der Waals surface area contributed by atoms with Crippen LogP contribution in [0.25, 0.3) is 5.69 Å². The van der Waals surface area contributed by atoms with Gasteiger partial charge in [-0.25, -0.2) is 4.79 Å². The molecule has 5 heteroatoms. The second-order valence-corrected chi connectivity index (χ2v) is 6.44. The van der Waals surface area contributed by atoms with Gasteiger partial charge in [-0.3, -0.25) is 4.79 Å². The standard InChI is InChI=1S/C22H22N2O3/c1-15-7-4-5-10-20(15)23-21(25)14-27-22(26)18-8-6-9-19(13-18)24-16(2)11-12-17(24)3/h4-13H,14H2,1-3H3,(H,23,25). The minimum absolute atomic E-state index is 0.334. The molecule has 0 unspecified atom stereocenters. The molecule has 0 aliphatic heterocycles. The highest BCUT2D eigenvalue weighted by Crippen LogP contribution is 2.18. The zero-order valence-electron chi connectivity index (χ0n) is 15.7. The highest BCUT2D eigenvalue weighted by molar-refractivity contribution is 5.96. The summed E-state index contributed by atoms with van der Waals surface area (Å²) >= 11 is 0. The fourth-order valence-corrected chi connectivity index (χ4v) is 2.96. The van der Waals surface area contributed by atoms with Crippen LogP contribution in [-0.2, 0) is 9.53 Å². The van der Waals surface area contributed by atoms with Crippen LogP contribution in [0.3, 0.4) is 0 Å². The summed E-state index contributed by atoms with van der Waals surface area (Å²) in [4.78, 5) is 24.4. The maximum absolute atomic E-state index is 12.3. The number of esters is 1. The van der Waals surface area contributed by atoms with Crippen molar-refractivity contribution in [3.05, 3.63) is 83.2 Å². The van der Waals surface area contributed by atoms with Crippen LogP contribution in [0.5, 0.6) is 0 Å². The average molecular weight is 362 g/mol. The third-order valence-corrected chi connectivity index (χ3v) is 4.36. The quantitative estimate of drug-likeness (QED) is 0.692. The van der Waals surface area contributed by atoms with Gasteiger partial charge in [-0.1, -0.05) is 24.3 Å². The third-order valence-electron chi connectivity index (χ3n) is 4.36. The van der Waals surface area contributed by atoms with E-state index in [0.29, 0.717) is 11.3 Å². The van der Waals surface area contributed by atoms with E-state index in [4.69, 9.17) is 4.74 Å². The van der Waals surface area contributed by atoms with Gasteiger partial charge in [0.15, 0.2) is 6.61 Å². The van der Waals surface area contributed by atoms with Crippen LogP contribution in [0.1, 0.15) is 27.3 Å². The van der Waals surface area contributed by atoms with Crippen LogP contribution in [0.15, 0.2) is 60.7 Å². The number of amides is 1. The molecule has 1 amide bonds. The summed E-state index contributed by atoms with van der Waals surface area (Å²) in [6.07, 6.45) is 0. The van der Waals surface area contributed by atoms with E-state index in [0.717, 1.165) is 22.6 Å². The Kier molecular flexibility index (Phi) is 5.41. The molecule has 1 aromatic heterocycles. The van der Waals surface area contributed by atoms with Crippen LogP contribution in [0, 0.1) is 20.8 Å². The maximum atomic E-state index is 12.3. The Morgan fingerprint density at radius 1 is 0.926 bits per heavy atom. The summed E-state index contributed by atoms with van der Waals surface area (Å²) in [5.74, 6) is -0.898. The third kappa shape index (κ3) is 4.26. The second-order valence-electron chi connectivity index (χ2n) is 6.44. The molecule has 3 aromatic rings. The first-order valence-corrected chi connectivity index (χ1v) is 8.73. The van der Waals surface area contributed by atoms with Gasteiger partial charge < -0.3 is 14.6 Å². The Hall–Kier alpha value is -3.34. The van der Waals surface area contributed by atoms with Crippen molar-refractivity contribution in [2.45, 2.75) is 20.8 Å². The van der Waals surface area contributed by atoms with Gasteiger partial charge in [-0.15, -0.1) is 0 Å². The number of rotatable bonds is 5. The van der Waals surface area contributed by atoms with Crippen molar-refractivity contribution in [2.24, 2.45) is 0 Å². The summed E-state index contributed by atoms with van der Waals surface area (Å²) in [7, 11) is 0. The van der Waals surface area contributed by atoms with E-state index < -0.39 is 5.97 Å². The number of nitrogens with one attached hydrogen (secondary N) is 1. The predicted molar refractivity (Wildman–Crippen MR) is 105 cm³/mol. The molecule has 0 aliphatic rings. The van der Waals surface area contributed by atoms with E-state index >= 15 is 0 Å². The molecule has 138 valence electrons. The lowest BCUT2D eigenvalue weighted by Gasteiger charge is -2.11. The van der Waals surface area contributed by atoms with E-state index in [1.54, 1.807) is 24.3 Å². The molecule has 0 saturated carbocycles. The van der Waals surface area contributed by atoms with Crippen LogP contribution < -0.4 is 5.32 Å². The average Bonchev–Trinajstić information content (AvgIpc) is 3.00. The summed E-state index contributed by atoms with van der Waals surface area (Å²) in [6.45, 7) is 5.58. The summed E-state index contributed by atoms with van der Waals surface area (Å²) in [5, 5.41) is 2.75. The molecule has 0 radical (unpaired) electrons. The number of ether oxygens (including phenoxy) is 1. The highest BCUT2D eigenvalue weighted by atomic mass is 16.5. The fraction of sp³-hybridized carbons (Fsp3) is 0.182. The molecular weight excluding hydrogens is 340 g/mol. The molecule has 27 heavy (non-hydrogen) atoms. The number of benzene rings is 2. The van der Waals surface area contributed by atoms with Crippen molar-refractivity contribution in [3.8, 4) is 5.69 Å². The first kappa shape index (κ1) is 18.5. The predicted octanol–water partition coefficient (Wildman–Crippen LogP) is 4.20. The van der Waals surface area contributed by atoms with Gasteiger partial charge in [0, 0.05) is 22.8 Å². The van der Waals surface area contributed by atoms with Crippen LogP contribution in [-0.4, -0.2) is 23.1 Å². The number of hydrogen-bond donors (Lipinski definition) is 1. The molecule has 5 nitrogen and oxygen atoms in total. The van der Waals surface area contributed by atoms with Gasteiger partial charge in [0.25, 0.3) is 5.91 Å². The van der Waals surface area contributed by atoms with E-state index in [2.05, 4.69) is 9.88 Å². The van der Waals surface area contributed by atoms with E-state index in [1.807, 2.05) is 57.2 Å². The Morgan fingerprint density at radius 3 is 2.33 bits per heavy atom. The van der Waals surface area contributed by atoms with Gasteiger partial charge in [0.2, 0.25) is 0 Å². The highest BCUT2D eigenvalue weighted by Gasteiger charge is 2.13. The van der Waals surface area contributed by atoms with Crippen molar-refractivity contribution in [3.63, 3.8) is 0 Å². The first-order chi connectivity index (χ1) is 13.0. The molecular formula is C22H22N2O3. The number of nitrogens with zero attached hydrogens (tertiary/aromatic N) is 1. The first-order valence-electron chi connectivity index (χ1n) is 8.73. The van der Waals surface area contributed by atoms with Gasteiger partial charge in [0.05, 0.1) is 5.56 Å². The zero-order valence-corrected chi connectivity index (χ0v) is 15.7. The monoisotopic (exact) mass is 362 g/mol. The Bertz CT molecular complexity index is 969. The number of aromatic nitrogens is 1. The lowest BCUT2D eigenvalue weighted by molar-refractivity contribution is -0.119. The van der Waals surface area contributed by atoms with E-state index in [9.17, 15) is 9.59 Å². The minimum Gasteiger partial charge on any atom is -0.452 e. The number of hydrogen-bond acceptors (Lipinski definition) is 3. The van der Waals surface area contributed by atoms with Crippen LogP contribution in [0.2, 0.25) is 0 Å². The van der Waals surface area contributed by atoms with Crippen LogP contribution >= 0.6 is 0 Å². The molecule has 2 aromatic carbocycles. The number of anilines is 1. The molecule has 3 rings (SSSR count). The van der Waals surface area contributed by atoms with Gasteiger partial charge in [0.1, 0.15) is 0 Å². The minimum atomic E-state index is -0.528. The molecule has 0 spiro atoms. The number of carbonyl (C=O) groups excluding carboxylic acids is 2. The fourth-order valence-electron chi connectivity index (χ4n) is 2.96. The zero-order chi connectivity index (χ0) is 19.4. The SMILES string of the molecule is Cc1ccccc1NC(=O)COC(=O)c1cccc(-n2c(C)ccc2C)c1. The van der Waals surface area contributed by atoms with Crippen molar-refractivity contribution in [1.82, 2.24) is 4.57 Å². The molecule has 0 saturated heterocycles. The number of para-hydroxylation sites is 1. The Balaban J connectivity index is 1.66. The molecule has 0 aliphatic carbocycles. The molecule has 0 atom stereocenters. The van der Waals surface area contributed by atoms with Crippen molar-refractivity contribution < 1.29 is 14.3 Å². The summed E-state index contributed by atoms with van der Waals surface area (Å²) in [6, 6.07) is 18.7. The lowest BCUT2D eigenvalue weighted by atomic mass is 10.2. The normalized spacial score (nSPS) is 10.5. The lowest BCUT2D eigenvalue weighted by Crippen LogP contribution is -2.21. The van der Waals surface area contributed by atoms with Crippen molar-refractivity contribution >= 4 is 17.6 Å². The molecule has 1 N–H and O–H groups in total. The number of carbonyl (C=O) groups is 2. The number of aryl methyl sites for hydroxylation is 3. The largest absolute Gasteiger partial charge is 0.452 e. The Labute approximate surface area is 158 Å². The van der Waals surface area contributed by atoms with Gasteiger partial charge in [-0.05, 0) is 62.7 Å².